The van der Waals surface area contributed by atoms with Gasteiger partial charge in [-0.3, -0.25) is 4.79 Å². The average Bonchev–Trinajstić information content (AvgIpc) is 2.96. The van der Waals surface area contributed by atoms with Gasteiger partial charge >= 0.3 is 6.18 Å². The third-order valence-electron chi connectivity index (χ3n) is 5.17. The smallest absolute Gasteiger partial charge is 0.416 e. The van der Waals surface area contributed by atoms with Crippen molar-refractivity contribution in [3.8, 4) is 5.75 Å². The molecule has 0 bridgehead atoms. The Bertz CT molecular complexity index is 1100. The van der Waals surface area contributed by atoms with E-state index in [2.05, 4.69) is 10.6 Å². The minimum absolute atomic E-state index is 0.0806. The number of carbonyl (C=O) groups excluding carboxylic acids is 1. The van der Waals surface area contributed by atoms with Crippen molar-refractivity contribution in [3.05, 3.63) is 89.0 Å². The molecule has 2 N–H and O–H groups in total. The summed E-state index contributed by atoms with van der Waals surface area (Å²) in [5.41, 5.74) is 1.76. The highest BCUT2D eigenvalue weighted by atomic mass is 19.4. The van der Waals surface area contributed by atoms with Crippen molar-refractivity contribution >= 4 is 17.3 Å². The summed E-state index contributed by atoms with van der Waals surface area (Å²) in [5, 5.41) is 5.81. The predicted molar refractivity (Wildman–Crippen MR) is 124 cm³/mol. The SMILES string of the molecule is CC.Cc1cc2c(cc1C(F)(F)F)NC(=O)CC(c1cccc(OCc3ccccc3)c1)N2. The first-order chi connectivity index (χ1) is 15.8. The largest absolute Gasteiger partial charge is 0.489 e. The van der Waals surface area contributed by atoms with Gasteiger partial charge in [-0.05, 0) is 47.9 Å². The van der Waals surface area contributed by atoms with E-state index in [-0.39, 0.29) is 23.6 Å². The van der Waals surface area contributed by atoms with Gasteiger partial charge in [-0.25, -0.2) is 0 Å². The quantitative estimate of drug-likeness (QED) is 0.440. The number of hydrogen-bond donors (Lipinski definition) is 2. The Morgan fingerprint density at radius 3 is 2.39 bits per heavy atom. The van der Waals surface area contributed by atoms with Crippen LogP contribution in [0.2, 0.25) is 0 Å². The molecule has 1 amide bonds. The minimum atomic E-state index is -4.49. The number of halogens is 3. The van der Waals surface area contributed by atoms with Gasteiger partial charge in [0.05, 0.1) is 29.4 Å². The van der Waals surface area contributed by atoms with Crippen LogP contribution in [0, 0.1) is 6.92 Å². The van der Waals surface area contributed by atoms with E-state index in [1.165, 1.54) is 13.0 Å². The first-order valence-corrected chi connectivity index (χ1v) is 10.8. The van der Waals surface area contributed by atoms with Crippen molar-refractivity contribution in [1.82, 2.24) is 0 Å². The molecule has 0 radical (unpaired) electrons. The summed E-state index contributed by atoms with van der Waals surface area (Å²) in [6.45, 7) is 5.82. The number of amides is 1. The monoisotopic (exact) mass is 456 g/mol. The highest BCUT2D eigenvalue weighted by Gasteiger charge is 2.34. The highest BCUT2D eigenvalue weighted by molar-refractivity contribution is 5.97. The second-order valence-electron chi connectivity index (χ2n) is 7.51. The molecule has 3 aromatic carbocycles. The lowest BCUT2D eigenvalue weighted by Crippen LogP contribution is -2.15. The summed E-state index contributed by atoms with van der Waals surface area (Å²) < 4.78 is 45.6. The van der Waals surface area contributed by atoms with E-state index in [1.807, 2.05) is 68.4 Å². The average molecular weight is 457 g/mol. The minimum Gasteiger partial charge on any atom is -0.489 e. The molecule has 0 saturated heterocycles. The zero-order valence-corrected chi connectivity index (χ0v) is 18.8. The molecule has 7 heteroatoms. The lowest BCUT2D eigenvalue weighted by molar-refractivity contribution is -0.138. The summed E-state index contributed by atoms with van der Waals surface area (Å²) >= 11 is 0. The number of alkyl halides is 3. The fourth-order valence-electron chi connectivity index (χ4n) is 3.62. The standard InChI is InChI=1S/C24H21F3N2O2.C2H6/c1-15-10-21-22(12-19(15)24(25,26)27)29-23(30)13-20(28-21)17-8-5-9-18(11-17)31-14-16-6-3-2-4-7-16;1-2/h2-12,20,28H,13-14H2,1H3,(H,29,30);1-2H3. The molecule has 1 aliphatic rings. The second-order valence-corrected chi connectivity index (χ2v) is 7.51. The van der Waals surface area contributed by atoms with Crippen molar-refractivity contribution in [3.63, 3.8) is 0 Å². The molecule has 1 unspecified atom stereocenters. The summed E-state index contributed by atoms with van der Waals surface area (Å²) in [6, 6.07) is 19.1. The van der Waals surface area contributed by atoms with Crippen LogP contribution in [0.15, 0.2) is 66.7 Å². The van der Waals surface area contributed by atoms with E-state index < -0.39 is 17.8 Å². The first kappa shape index (κ1) is 24.2. The van der Waals surface area contributed by atoms with E-state index in [0.29, 0.717) is 18.0 Å². The van der Waals surface area contributed by atoms with Crippen molar-refractivity contribution in [2.75, 3.05) is 10.6 Å². The molecule has 3 aromatic rings. The van der Waals surface area contributed by atoms with Gasteiger partial charge in [0.2, 0.25) is 5.91 Å². The molecule has 1 heterocycles. The van der Waals surface area contributed by atoms with Gasteiger partial charge in [0.25, 0.3) is 0 Å². The van der Waals surface area contributed by atoms with E-state index >= 15 is 0 Å². The Balaban J connectivity index is 0.00000149. The number of hydrogen-bond acceptors (Lipinski definition) is 3. The third-order valence-corrected chi connectivity index (χ3v) is 5.17. The van der Waals surface area contributed by atoms with E-state index in [1.54, 1.807) is 0 Å². The lowest BCUT2D eigenvalue weighted by atomic mass is 10.0. The maximum Gasteiger partial charge on any atom is 0.416 e. The van der Waals surface area contributed by atoms with Crippen LogP contribution in [0.25, 0.3) is 0 Å². The van der Waals surface area contributed by atoms with Gasteiger partial charge in [0.1, 0.15) is 12.4 Å². The summed E-state index contributed by atoms with van der Waals surface area (Å²) in [5.74, 6) is 0.292. The van der Waals surface area contributed by atoms with Crippen molar-refractivity contribution in [2.45, 2.75) is 46.0 Å². The molecule has 0 aliphatic carbocycles. The predicted octanol–water partition coefficient (Wildman–Crippen LogP) is 7.11. The number of ether oxygens (including phenoxy) is 1. The van der Waals surface area contributed by atoms with Gasteiger partial charge in [-0.2, -0.15) is 13.2 Å². The van der Waals surface area contributed by atoms with Crippen molar-refractivity contribution < 1.29 is 22.7 Å². The molecule has 1 aliphatic heterocycles. The number of nitrogens with one attached hydrogen (secondary N) is 2. The molecule has 1 atom stereocenters. The molecular formula is C26H27F3N2O2. The maximum atomic E-state index is 13.3. The molecule has 4 nitrogen and oxygen atoms in total. The number of anilines is 2. The number of fused-ring (bicyclic) bond motifs is 1. The van der Waals surface area contributed by atoms with Crippen molar-refractivity contribution in [1.29, 1.82) is 0 Å². The topological polar surface area (TPSA) is 50.4 Å². The molecule has 0 fully saturated rings. The van der Waals surface area contributed by atoms with Crippen LogP contribution in [-0.4, -0.2) is 5.91 Å². The van der Waals surface area contributed by atoms with Gasteiger partial charge in [0.15, 0.2) is 0 Å². The Labute approximate surface area is 191 Å². The fraction of sp³-hybridized carbons (Fsp3) is 0.269. The second kappa shape index (κ2) is 10.4. The Kier molecular flexibility index (Phi) is 7.63. The van der Waals surface area contributed by atoms with E-state index in [9.17, 15) is 18.0 Å². The fourth-order valence-corrected chi connectivity index (χ4v) is 3.62. The van der Waals surface area contributed by atoms with Crippen LogP contribution in [0.3, 0.4) is 0 Å². The first-order valence-electron chi connectivity index (χ1n) is 10.8. The summed E-state index contributed by atoms with van der Waals surface area (Å²) in [7, 11) is 0. The van der Waals surface area contributed by atoms with Crippen LogP contribution in [-0.2, 0) is 17.6 Å². The van der Waals surface area contributed by atoms with Crippen LogP contribution < -0.4 is 15.4 Å². The zero-order valence-electron chi connectivity index (χ0n) is 18.8. The van der Waals surface area contributed by atoms with Gasteiger partial charge in [0, 0.05) is 0 Å². The lowest BCUT2D eigenvalue weighted by Gasteiger charge is -2.20. The number of benzene rings is 3. The summed E-state index contributed by atoms with van der Waals surface area (Å²) in [4.78, 5) is 12.4. The molecule has 4 rings (SSSR count). The van der Waals surface area contributed by atoms with Gasteiger partial charge < -0.3 is 15.4 Å². The highest BCUT2D eigenvalue weighted by Crippen LogP contribution is 2.40. The Hall–Kier alpha value is -3.48. The maximum absolute atomic E-state index is 13.3. The number of aryl methyl sites for hydroxylation is 1. The number of carbonyl (C=O) groups is 1. The normalized spacial score (nSPS) is 15.2. The third kappa shape index (κ3) is 6.06. The van der Waals surface area contributed by atoms with Crippen LogP contribution in [0.4, 0.5) is 24.5 Å². The Morgan fingerprint density at radius 1 is 0.970 bits per heavy atom. The zero-order chi connectivity index (χ0) is 24.0. The Morgan fingerprint density at radius 2 is 1.70 bits per heavy atom. The summed E-state index contributed by atoms with van der Waals surface area (Å²) in [6.07, 6.45) is -4.41. The molecule has 174 valence electrons. The molecule has 0 spiro atoms. The van der Waals surface area contributed by atoms with Gasteiger partial charge in [-0.15, -0.1) is 0 Å². The molecule has 0 saturated carbocycles. The van der Waals surface area contributed by atoms with Crippen LogP contribution in [0.5, 0.6) is 5.75 Å². The van der Waals surface area contributed by atoms with Gasteiger partial charge in [-0.1, -0.05) is 56.3 Å². The number of rotatable bonds is 4. The van der Waals surface area contributed by atoms with E-state index in [0.717, 1.165) is 17.2 Å². The van der Waals surface area contributed by atoms with E-state index in [4.69, 9.17) is 4.74 Å². The molecule has 0 aromatic heterocycles. The molecular weight excluding hydrogens is 429 g/mol. The van der Waals surface area contributed by atoms with Crippen molar-refractivity contribution in [2.24, 2.45) is 0 Å². The van der Waals surface area contributed by atoms with Crippen LogP contribution in [0.1, 0.15) is 48.6 Å². The van der Waals surface area contributed by atoms with Crippen LogP contribution >= 0.6 is 0 Å². The molecule has 33 heavy (non-hydrogen) atoms.